The van der Waals surface area contributed by atoms with Crippen LogP contribution in [0.5, 0.6) is 5.75 Å². The van der Waals surface area contributed by atoms with Crippen molar-refractivity contribution in [1.82, 2.24) is 24.7 Å². The smallest absolute Gasteiger partial charge is 0.196 e. The molecule has 0 atom stereocenters. The largest absolute Gasteiger partial charge is 0.510 e. The van der Waals surface area contributed by atoms with Crippen LogP contribution in [0.2, 0.25) is 0 Å². The number of aliphatic hydroxyl groups excluding tert-OH is 1. The van der Waals surface area contributed by atoms with Gasteiger partial charge >= 0.3 is 0 Å². The third kappa shape index (κ3) is 4.78. The van der Waals surface area contributed by atoms with E-state index in [0.717, 1.165) is 11.2 Å². The molecule has 2 N–H and O–H groups in total. The molecular weight excluding hydrogens is 479 g/mol. The molecule has 10 heteroatoms. The Kier molecular flexibility index (Phi) is 6.64. The van der Waals surface area contributed by atoms with Gasteiger partial charge in [0.15, 0.2) is 28.4 Å². The van der Waals surface area contributed by atoms with Crippen molar-refractivity contribution in [2.75, 3.05) is 5.75 Å². The highest BCUT2D eigenvalue weighted by atomic mass is 32.2. The number of nitrogens with zero attached hydrogens (tertiary/aromatic N) is 5. The molecule has 0 aliphatic rings. The van der Waals surface area contributed by atoms with Crippen LogP contribution in [-0.2, 0) is 6.61 Å². The summed E-state index contributed by atoms with van der Waals surface area (Å²) in [7, 11) is 0. The molecule has 8 nitrogen and oxygen atoms in total. The van der Waals surface area contributed by atoms with Crippen LogP contribution in [0.15, 0.2) is 89.8 Å². The first-order chi connectivity index (χ1) is 17.6. The fourth-order valence-corrected chi connectivity index (χ4v) is 4.41. The Bertz CT molecular complexity index is 1560. The standard InChI is InChI=1S/C26H19FN6O2S/c27-19-10-4-7-13-23(19)35-15-24-31-32-26(33(24)17-8-2-1-3-9-17)36-16-22(34)18(14-28)25-29-20-11-5-6-12-21(20)30-25/h1-13,34H,15-16H2,(H,29,30). The zero-order chi connectivity index (χ0) is 24.9. The maximum absolute atomic E-state index is 14.0. The Balaban J connectivity index is 1.41. The number of aromatic amines is 1. The fourth-order valence-electron chi connectivity index (χ4n) is 3.56. The highest BCUT2D eigenvalue weighted by Crippen LogP contribution is 2.27. The first-order valence-corrected chi connectivity index (χ1v) is 11.9. The topological polar surface area (TPSA) is 113 Å². The van der Waals surface area contributed by atoms with E-state index in [2.05, 4.69) is 20.2 Å². The van der Waals surface area contributed by atoms with Gasteiger partial charge < -0.3 is 14.8 Å². The molecule has 0 radical (unpaired) electrons. The van der Waals surface area contributed by atoms with Crippen LogP contribution < -0.4 is 4.74 Å². The van der Waals surface area contributed by atoms with E-state index in [0.29, 0.717) is 22.3 Å². The average molecular weight is 499 g/mol. The predicted octanol–water partition coefficient (Wildman–Crippen LogP) is 5.45. The van der Waals surface area contributed by atoms with Crippen molar-refractivity contribution in [3.05, 3.63) is 102 Å². The van der Waals surface area contributed by atoms with E-state index in [4.69, 9.17) is 4.74 Å². The minimum absolute atomic E-state index is 0.0202. The maximum atomic E-state index is 14.0. The van der Waals surface area contributed by atoms with Crippen LogP contribution in [0.25, 0.3) is 22.3 Å². The second-order valence-corrected chi connectivity index (χ2v) is 8.56. The van der Waals surface area contributed by atoms with Crippen molar-refractivity contribution < 1.29 is 14.2 Å². The molecule has 0 saturated heterocycles. The zero-order valence-corrected chi connectivity index (χ0v) is 19.6. The quantitative estimate of drug-likeness (QED) is 0.166. The molecular formula is C26H19FN6O2S. The van der Waals surface area contributed by atoms with Crippen LogP contribution in [0.3, 0.4) is 0 Å². The summed E-state index contributed by atoms with van der Waals surface area (Å²) in [6.07, 6.45) is 0. The van der Waals surface area contributed by atoms with Gasteiger partial charge in [0.1, 0.15) is 24.0 Å². The summed E-state index contributed by atoms with van der Waals surface area (Å²) in [5.41, 5.74) is 2.29. The molecule has 5 aromatic rings. The lowest BCUT2D eigenvalue weighted by molar-refractivity contribution is 0.278. The lowest BCUT2D eigenvalue weighted by Gasteiger charge is -2.11. The van der Waals surface area contributed by atoms with Crippen LogP contribution in [-0.4, -0.2) is 35.6 Å². The Morgan fingerprint density at radius 2 is 1.78 bits per heavy atom. The number of H-pyrrole nitrogens is 1. The Morgan fingerprint density at radius 1 is 1.03 bits per heavy atom. The van der Waals surface area contributed by atoms with Gasteiger partial charge in [-0.15, -0.1) is 10.2 Å². The lowest BCUT2D eigenvalue weighted by atomic mass is 10.2. The molecule has 0 unspecified atom stereocenters. The van der Waals surface area contributed by atoms with Gasteiger partial charge in [-0.2, -0.15) is 5.26 Å². The summed E-state index contributed by atoms with van der Waals surface area (Å²) in [5, 5.41) is 29.4. The van der Waals surface area contributed by atoms with Gasteiger partial charge in [-0.1, -0.05) is 54.2 Å². The molecule has 178 valence electrons. The van der Waals surface area contributed by atoms with Crippen molar-refractivity contribution in [2.24, 2.45) is 0 Å². The van der Waals surface area contributed by atoms with E-state index in [1.165, 1.54) is 17.8 Å². The van der Waals surface area contributed by atoms with E-state index < -0.39 is 5.82 Å². The van der Waals surface area contributed by atoms with E-state index in [-0.39, 0.29) is 29.4 Å². The van der Waals surface area contributed by atoms with Gasteiger partial charge in [-0.3, -0.25) is 4.57 Å². The monoisotopic (exact) mass is 498 g/mol. The number of halogens is 1. The first-order valence-electron chi connectivity index (χ1n) is 10.9. The third-order valence-corrected chi connectivity index (χ3v) is 6.21. The Morgan fingerprint density at radius 3 is 2.56 bits per heavy atom. The minimum atomic E-state index is -0.470. The Labute approximate surface area is 209 Å². The van der Waals surface area contributed by atoms with E-state index >= 15 is 0 Å². The molecule has 36 heavy (non-hydrogen) atoms. The number of aromatic nitrogens is 5. The van der Waals surface area contributed by atoms with Gasteiger partial charge in [0.2, 0.25) is 0 Å². The third-order valence-electron chi connectivity index (χ3n) is 5.27. The highest BCUT2D eigenvalue weighted by Gasteiger charge is 2.18. The molecule has 3 aromatic carbocycles. The van der Waals surface area contributed by atoms with Crippen molar-refractivity contribution >= 4 is 28.4 Å². The fraction of sp³-hybridized carbons (Fsp3) is 0.0769. The number of fused-ring (bicyclic) bond motifs is 1. The second-order valence-electron chi connectivity index (χ2n) is 7.61. The number of imidazole rings is 1. The average Bonchev–Trinajstić information content (AvgIpc) is 3.52. The van der Waals surface area contributed by atoms with Crippen molar-refractivity contribution in [2.45, 2.75) is 11.8 Å². The van der Waals surface area contributed by atoms with Crippen LogP contribution >= 0.6 is 11.8 Å². The summed E-state index contributed by atoms with van der Waals surface area (Å²) in [5.74, 6) is 0.294. The van der Waals surface area contributed by atoms with Gasteiger partial charge in [-0.05, 0) is 36.4 Å². The van der Waals surface area contributed by atoms with Crippen molar-refractivity contribution in [3.63, 3.8) is 0 Å². The molecule has 0 spiro atoms. The number of para-hydroxylation sites is 4. The van der Waals surface area contributed by atoms with Crippen molar-refractivity contribution in [1.29, 1.82) is 5.26 Å². The predicted molar refractivity (Wildman–Crippen MR) is 134 cm³/mol. The highest BCUT2D eigenvalue weighted by molar-refractivity contribution is 7.99. The number of thioether (sulfide) groups is 1. The maximum Gasteiger partial charge on any atom is 0.196 e. The molecule has 0 aliphatic carbocycles. The number of nitriles is 1. The minimum Gasteiger partial charge on any atom is -0.510 e. The number of benzene rings is 3. The normalized spacial score (nSPS) is 11.8. The second kappa shape index (κ2) is 10.3. The van der Waals surface area contributed by atoms with Crippen molar-refractivity contribution in [3.8, 4) is 17.5 Å². The molecule has 5 rings (SSSR count). The van der Waals surface area contributed by atoms with Gasteiger partial charge in [0, 0.05) is 5.69 Å². The van der Waals surface area contributed by atoms with E-state index in [1.54, 1.807) is 22.8 Å². The van der Waals surface area contributed by atoms with Crippen LogP contribution in [0.1, 0.15) is 11.6 Å². The molecule has 0 aliphatic heterocycles. The number of allylic oxidation sites excluding steroid dienone is 1. The molecule has 0 fully saturated rings. The first kappa shape index (κ1) is 23.1. The van der Waals surface area contributed by atoms with Crippen LogP contribution in [0.4, 0.5) is 4.39 Å². The van der Waals surface area contributed by atoms with E-state index in [9.17, 15) is 14.8 Å². The lowest BCUT2D eigenvalue weighted by Crippen LogP contribution is -2.07. The van der Waals surface area contributed by atoms with E-state index in [1.807, 2.05) is 60.7 Å². The summed E-state index contributed by atoms with van der Waals surface area (Å²) >= 11 is 1.20. The SMILES string of the molecule is N#CC(=C(O)CSc1nnc(COc2ccccc2F)n1-c1ccccc1)c1nc2ccccc2[nH]1. The van der Waals surface area contributed by atoms with Crippen LogP contribution in [0, 0.1) is 17.1 Å². The molecule has 0 bridgehead atoms. The zero-order valence-electron chi connectivity index (χ0n) is 18.8. The Hall–Kier alpha value is -4.62. The number of hydrogen-bond acceptors (Lipinski definition) is 7. The summed E-state index contributed by atoms with van der Waals surface area (Å²) in [6, 6.07) is 24.9. The summed E-state index contributed by atoms with van der Waals surface area (Å²) in [6.45, 7) is -0.0202. The molecule has 0 saturated carbocycles. The van der Waals surface area contributed by atoms with Gasteiger partial charge in [-0.25, -0.2) is 9.37 Å². The van der Waals surface area contributed by atoms with Gasteiger partial charge in [0.05, 0.1) is 16.8 Å². The van der Waals surface area contributed by atoms with Gasteiger partial charge in [0.25, 0.3) is 0 Å². The molecule has 2 aromatic heterocycles. The number of aliphatic hydroxyl groups is 1. The number of rotatable bonds is 8. The molecule has 0 amide bonds. The summed E-state index contributed by atoms with van der Waals surface area (Å²) < 4.78 is 21.4. The molecule has 2 heterocycles. The number of hydrogen-bond donors (Lipinski definition) is 2. The number of nitrogens with one attached hydrogen (secondary N) is 1. The number of ether oxygens (including phenoxy) is 1. The summed E-state index contributed by atoms with van der Waals surface area (Å²) in [4.78, 5) is 7.47.